The van der Waals surface area contributed by atoms with Gasteiger partial charge in [-0.2, -0.15) is 0 Å². The second-order valence-corrected chi connectivity index (χ2v) is 9.21. The third-order valence-corrected chi connectivity index (χ3v) is 7.32. The molecule has 2 aliphatic heterocycles. The quantitative estimate of drug-likeness (QED) is 0.623. The highest BCUT2D eigenvalue weighted by molar-refractivity contribution is 8.00. The van der Waals surface area contributed by atoms with Crippen LogP contribution in [0, 0.1) is 11.6 Å². The standard InChI is InChI=1S/C19H22F2N4O2S/c20-12-1-2-13-11(17(12)21)7-15(23-13)18(27)25-4-3-14-16(8-25)28-19(24-14)22-9-5-10(26)6-9/h1-2,7,9-10,14,16,19,22-24,26H,3-6,8H2. The number of aromatic amines is 1. The van der Waals surface area contributed by atoms with Crippen LogP contribution in [0.2, 0.25) is 0 Å². The van der Waals surface area contributed by atoms with E-state index in [9.17, 15) is 18.7 Å². The molecule has 150 valence electrons. The van der Waals surface area contributed by atoms with Crippen LogP contribution in [0.25, 0.3) is 10.9 Å². The van der Waals surface area contributed by atoms with Gasteiger partial charge in [0.2, 0.25) is 0 Å². The number of aliphatic hydroxyl groups is 1. The summed E-state index contributed by atoms with van der Waals surface area (Å²) >= 11 is 1.78. The second-order valence-electron chi connectivity index (χ2n) is 7.86. The van der Waals surface area contributed by atoms with Crippen molar-refractivity contribution in [3.05, 3.63) is 35.5 Å². The van der Waals surface area contributed by atoms with Gasteiger partial charge in [-0.05, 0) is 37.5 Å². The predicted molar refractivity (Wildman–Crippen MR) is 103 cm³/mol. The summed E-state index contributed by atoms with van der Waals surface area (Å²) in [6.45, 7) is 1.23. The molecule has 1 amide bonds. The van der Waals surface area contributed by atoms with Crippen LogP contribution in [0.4, 0.5) is 8.78 Å². The molecule has 0 bridgehead atoms. The molecule has 3 fully saturated rings. The Bertz CT molecular complexity index is 917. The molecule has 3 aliphatic rings. The van der Waals surface area contributed by atoms with E-state index in [1.165, 1.54) is 12.1 Å². The Labute approximate surface area is 165 Å². The van der Waals surface area contributed by atoms with Crippen LogP contribution >= 0.6 is 11.8 Å². The van der Waals surface area contributed by atoms with Gasteiger partial charge in [0.15, 0.2) is 11.6 Å². The van der Waals surface area contributed by atoms with Crippen LogP contribution in [-0.4, -0.2) is 62.9 Å². The molecule has 1 saturated carbocycles. The van der Waals surface area contributed by atoms with Crippen molar-refractivity contribution in [1.29, 1.82) is 0 Å². The number of halogens is 2. The zero-order valence-corrected chi connectivity index (χ0v) is 15.9. The van der Waals surface area contributed by atoms with E-state index in [2.05, 4.69) is 15.6 Å². The zero-order valence-electron chi connectivity index (χ0n) is 15.1. The number of likely N-dealkylation sites (tertiary alicyclic amines) is 1. The minimum absolute atomic E-state index is 0.0992. The summed E-state index contributed by atoms with van der Waals surface area (Å²) in [5.74, 6) is -2.04. The molecule has 2 saturated heterocycles. The molecule has 28 heavy (non-hydrogen) atoms. The van der Waals surface area contributed by atoms with E-state index in [0.717, 1.165) is 25.3 Å². The number of carbonyl (C=O) groups is 1. The molecule has 9 heteroatoms. The number of fused-ring (bicyclic) bond motifs is 2. The molecule has 4 N–H and O–H groups in total. The second kappa shape index (κ2) is 6.98. The van der Waals surface area contributed by atoms with Crippen LogP contribution in [-0.2, 0) is 0 Å². The predicted octanol–water partition coefficient (Wildman–Crippen LogP) is 1.76. The maximum atomic E-state index is 13.9. The largest absolute Gasteiger partial charge is 0.393 e. The smallest absolute Gasteiger partial charge is 0.270 e. The maximum absolute atomic E-state index is 13.9. The van der Waals surface area contributed by atoms with Gasteiger partial charge in [-0.1, -0.05) is 0 Å². The van der Waals surface area contributed by atoms with Gasteiger partial charge in [-0.25, -0.2) is 8.78 Å². The highest BCUT2D eigenvalue weighted by Gasteiger charge is 2.41. The average molecular weight is 408 g/mol. The number of benzene rings is 1. The summed E-state index contributed by atoms with van der Waals surface area (Å²) in [5.41, 5.74) is 0.834. The molecular weight excluding hydrogens is 386 g/mol. The van der Waals surface area contributed by atoms with Crippen molar-refractivity contribution in [2.24, 2.45) is 0 Å². The summed E-state index contributed by atoms with van der Waals surface area (Å²) in [5, 5.41) is 16.9. The normalized spacial score (nSPS) is 32.4. The number of piperidine rings is 1. The Morgan fingerprint density at radius 1 is 1.32 bits per heavy atom. The number of aromatic nitrogens is 1. The molecule has 1 aromatic carbocycles. The summed E-state index contributed by atoms with van der Waals surface area (Å²) in [6, 6.07) is 4.59. The molecular formula is C19H22F2N4O2S. The van der Waals surface area contributed by atoms with Crippen LogP contribution < -0.4 is 10.6 Å². The van der Waals surface area contributed by atoms with Crippen molar-refractivity contribution in [2.75, 3.05) is 13.1 Å². The first-order valence-corrected chi connectivity index (χ1v) is 10.5. The number of amides is 1. The fourth-order valence-electron chi connectivity index (χ4n) is 4.29. The highest BCUT2D eigenvalue weighted by atomic mass is 32.2. The van der Waals surface area contributed by atoms with Crippen LogP contribution in [0.1, 0.15) is 29.8 Å². The van der Waals surface area contributed by atoms with E-state index < -0.39 is 11.6 Å². The van der Waals surface area contributed by atoms with Gasteiger partial charge in [0.05, 0.1) is 6.10 Å². The van der Waals surface area contributed by atoms with Crippen molar-refractivity contribution < 1.29 is 18.7 Å². The molecule has 2 aromatic rings. The monoisotopic (exact) mass is 408 g/mol. The molecule has 5 rings (SSSR count). The minimum atomic E-state index is -0.933. The average Bonchev–Trinajstić information content (AvgIpc) is 3.26. The van der Waals surface area contributed by atoms with E-state index in [1.807, 2.05) is 0 Å². The topological polar surface area (TPSA) is 80.4 Å². The van der Waals surface area contributed by atoms with Gasteiger partial charge in [0, 0.05) is 41.3 Å². The molecule has 6 nitrogen and oxygen atoms in total. The molecule has 0 spiro atoms. The van der Waals surface area contributed by atoms with E-state index in [1.54, 1.807) is 16.7 Å². The van der Waals surface area contributed by atoms with E-state index >= 15 is 0 Å². The SMILES string of the molecule is O=C(c1cc2c(F)c(F)ccc2[nH]1)N1CCC2NC(NC3CC(O)C3)SC2C1. The number of hydrogen-bond acceptors (Lipinski definition) is 5. The van der Waals surface area contributed by atoms with Crippen LogP contribution in [0.5, 0.6) is 0 Å². The first-order valence-electron chi connectivity index (χ1n) is 9.59. The number of nitrogens with one attached hydrogen (secondary N) is 3. The molecule has 0 radical (unpaired) electrons. The summed E-state index contributed by atoms with van der Waals surface area (Å²) in [4.78, 5) is 17.6. The number of hydrogen-bond donors (Lipinski definition) is 4. The molecule has 1 aromatic heterocycles. The van der Waals surface area contributed by atoms with Crippen LogP contribution in [0.15, 0.2) is 18.2 Å². The van der Waals surface area contributed by atoms with Crippen molar-refractivity contribution >= 4 is 28.6 Å². The summed E-state index contributed by atoms with van der Waals surface area (Å²) < 4.78 is 27.4. The number of H-pyrrole nitrogens is 1. The van der Waals surface area contributed by atoms with Gasteiger partial charge >= 0.3 is 0 Å². The number of rotatable bonds is 3. The number of thioether (sulfide) groups is 1. The van der Waals surface area contributed by atoms with Gasteiger partial charge in [-0.15, -0.1) is 11.8 Å². The third-order valence-electron chi connectivity index (χ3n) is 5.94. The molecule has 3 atom stereocenters. The molecule has 1 aliphatic carbocycles. The van der Waals surface area contributed by atoms with Crippen molar-refractivity contribution in [2.45, 2.75) is 48.2 Å². The number of aliphatic hydroxyl groups excluding tert-OH is 1. The zero-order chi connectivity index (χ0) is 19.4. The van der Waals surface area contributed by atoms with Gasteiger partial charge in [0.1, 0.15) is 11.2 Å². The van der Waals surface area contributed by atoms with Crippen LogP contribution in [0.3, 0.4) is 0 Å². The van der Waals surface area contributed by atoms with Gasteiger partial charge < -0.3 is 15.0 Å². The van der Waals surface area contributed by atoms with Crippen molar-refractivity contribution in [1.82, 2.24) is 20.5 Å². The van der Waals surface area contributed by atoms with Crippen molar-refractivity contribution in [3.63, 3.8) is 0 Å². The highest BCUT2D eigenvalue weighted by Crippen LogP contribution is 2.34. The third kappa shape index (κ3) is 3.20. The first-order chi connectivity index (χ1) is 13.5. The van der Waals surface area contributed by atoms with Crippen molar-refractivity contribution in [3.8, 4) is 0 Å². The Morgan fingerprint density at radius 3 is 2.93 bits per heavy atom. The lowest BCUT2D eigenvalue weighted by Gasteiger charge is -2.34. The summed E-state index contributed by atoms with van der Waals surface area (Å²) in [6.07, 6.45) is 2.23. The number of nitrogens with zero attached hydrogens (tertiary/aromatic N) is 1. The number of carbonyl (C=O) groups excluding carboxylic acids is 1. The molecule has 3 unspecified atom stereocenters. The Morgan fingerprint density at radius 2 is 2.14 bits per heavy atom. The van der Waals surface area contributed by atoms with E-state index in [-0.39, 0.29) is 33.8 Å². The Hall–Kier alpha value is -1.68. The summed E-state index contributed by atoms with van der Waals surface area (Å²) in [7, 11) is 0. The lowest BCUT2D eigenvalue weighted by atomic mass is 9.90. The minimum Gasteiger partial charge on any atom is -0.393 e. The lowest BCUT2D eigenvalue weighted by Crippen LogP contribution is -2.53. The van der Waals surface area contributed by atoms with Gasteiger partial charge in [0.25, 0.3) is 5.91 Å². The fourth-order valence-corrected chi connectivity index (χ4v) is 5.84. The molecule has 3 heterocycles. The first kappa shape index (κ1) is 18.4. The van der Waals surface area contributed by atoms with E-state index in [4.69, 9.17) is 0 Å². The van der Waals surface area contributed by atoms with E-state index in [0.29, 0.717) is 30.7 Å². The maximum Gasteiger partial charge on any atom is 0.270 e. The fraction of sp³-hybridized carbons (Fsp3) is 0.526. The van der Waals surface area contributed by atoms with Gasteiger partial charge in [-0.3, -0.25) is 15.4 Å². The lowest BCUT2D eigenvalue weighted by molar-refractivity contribution is 0.0598. The Kier molecular flexibility index (Phi) is 4.58. The Balaban J connectivity index is 1.25.